The average Bonchev–Trinajstić information content (AvgIpc) is 2.58. The summed E-state index contributed by atoms with van der Waals surface area (Å²) in [5.74, 6) is 2.13. The van der Waals surface area contributed by atoms with Crippen LogP contribution in [0.15, 0.2) is 0 Å². The summed E-state index contributed by atoms with van der Waals surface area (Å²) < 4.78 is 0. The smallest absolute Gasteiger partial charge is 0.226 e. The standard InChI is InChI=1S/C12H20N2O.ClH/c1-12(2)4-3-5-14(12)11(15)10-8-6-13-7-9(8)10;/h8-10,13H,3-7H2,1-2H3;1H. The van der Waals surface area contributed by atoms with E-state index in [9.17, 15) is 4.79 Å². The van der Waals surface area contributed by atoms with Crippen molar-refractivity contribution in [3.8, 4) is 0 Å². The van der Waals surface area contributed by atoms with Gasteiger partial charge in [-0.15, -0.1) is 12.4 Å². The molecule has 2 saturated heterocycles. The highest BCUT2D eigenvalue weighted by Crippen LogP contribution is 2.50. The van der Waals surface area contributed by atoms with Crippen molar-refractivity contribution in [1.29, 1.82) is 0 Å². The maximum atomic E-state index is 12.3. The molecule has 0 spiro atoms. The minimum atomic E-state index is 0. The third-order valence-corrected chi connectivity index (χ3v) is 4.54. The fraction of sp³-hybridized carbons (Fsp3) is 0.917. The first kappa shape index (κ1) is 12.2. The average molecular weight is 245 g/mol. The van der Waals surface area contributed by atoms with E-state index in [-0.39, 0.29) is 17.9 Å². The Morgan fingerprint density at radius 3 is 2.44 bits per heavy atom. The Balaban J connectivity index is 0.000000963. The third kappa shape index (κ3) is 1.65. The maximum absolute atomic E-state index is 12.3. The van der Waals surface area contributed by atoms with Crippen LogP contribution in [0.2, 0.25) is 0 Å². The van der Waals surface area contributed by atoms with E-state index in [1.54, 1.807) is 0 Å². The second-order valence-electron chi connectivity index (χ2n) is 5.92. The molecule has 0 aromatic heterocycles. The van der Waals surface area contributed by atoms with Crippen LogP contribution in [-0.2, 0) is 4.79 Å². The monoisotopic (exact) mass is 244 g/mol. The van der Waals surface area contributed by atoms with Crippen LogP contribution in [0.25, 0.3) is 0 Å². The van der Waals surface area contributed by atoms with Crippen molar-refractivity contribution in [2.45, 2.75) is 32.2 Å². The SMILES string of the molecule is CC1(C)CCCN1C(=O)C1C2CNCC21.Cl. The lowest BCUT2D eigenvalue weighted by molar-refractivity contribution is -0.136. The molecule has 0 aromatic rings. The summed E-state index contributed by atoms with van der Waals surface area (Å²) in [6.45, 7) is 7.52. The number of likely N-dealkylation sites (tertiary alicyclic amines) is 1. The molecule has 4 heteroatoms. The summed E-state index contributed by atoms with van der Waals surface area (Å²) in [5, 5.41) is 3.35. The van der Waals surface area contributed by atoms with E-state index in [1.807, 2.05) is 0 Å². The van der Waals surface area contributed by atoms with Crippen molar-refractivity contribution < 1.29 is 4.79 Å². The molecule has 2 aliphatic heterocycles. The fourth-order valence-corrected chi connectivity index (χ4v) is 3.48. The fourth-order valence-electron chi connectivity index (χ4n) is 3.48. The van der Waals surface area contributed by atoms with Crippen LogP contribution in [0.4, 0.5) is 0 Å². The first-order valence-electron chi connectivity index (χ1n) is 6.13. The zero-order valence-electron chi connectivity index (χ0n) is 10.0. The normalized spacial score (nSPS) is 39.1. The van der Waals surface area contributed by atoms with Crippen molar-refractivity contribution in [2.75, 3.05) is 19.6 Å². The van der Waals surface area contributed by atoms with E-state index in [2.05, 4.69) is 24.1 Å². The quantitative estimate of drug-likeness (QED) is 0.754. The highest BCUT2D eigenvalue weighted by atomic mass is 35.5. The van der Waals surface area contributed by atoms with Crippen LogP contribution in [0.5, 0.6) is 0 Å². The number of fused-ring (bicyclic) bond motifs is 1. The number of piperidine rings is 1. The van der Waals surface area contributed by atoms with Crippen LogP contribution in [0, 0.1) is 17.8 Å². The molecule has 0 aromatic carbocycles. The lowest BCUT2D eigenvalue weighted by Crippen LogP contribution is -2.44. The summed E-state index contributed by atoms with van der Waals surface area (Å²) in [5.41, 5.74) is 0.112. The van der Waals surface area contributed by atoms with Gasteiger partial charge in [0.1, 0.15) is 0 Å². The Morgan fingerprint density at radius 1 is 1.31 bits per heavy atom. The van der Waals surface area contributed by atoms with Gasteiger partial charge in [0, 0.05) is 18.0 Å². The minimum absolute atomic E-state index is 0. The maximum Gasteiger partial charge on any atom is 0.226 e. The van der Waals surface area contributed by atoms with Crippen molar-refractivity contribution in [3.63, 3.8) is 0 Å². The Labute approximate surface area is 103 Å². The highest BCUT2D eigenvalue weighted by molar-refractivity contribution is 5.85. The van der Waals surface area contributed by atoms with Gasteiger partial charge < -0.3 is 10.2 Å². The summed E-state index contributed by atoms with van der Waals surface area (Å²) in [6.07, 6.45) is 2.35. The van der Waals surface area contributed by atoms with E-state index in [1.165, 1.54) is 12.8 Å². The van der Waals surface area contributed by atoms with E-state index >= 15 is 0 Å². The van der Waals surface area contributed by atoms with Gasteiger partial charge in [0.2, 0.25) is 5.91 Å². The molecular weight excluding hydrogens is 224 g/mol. The van der Waals surface area contributed by atoms with E-state index in [4.69, 9.17) is 0 Å². The van der Waals surface area contributed by atoms with E-state index in [0.717, 1.165) is 19.6 Å². The number of hydrogen-bond acceptors (Lipinski definition) is 2. The van der Waals surface area contributed by atoms with Crippen LogP contribution >= 0.6 is 12.4 Å². The van der Waals surface area contributed by atoms with Crippen molar-refractivity contribution >= 4 is 18.3 Å². The molecule has 3 nitrogen and oxygen atoms in total. The molecule has 2 atom stereocenters. The van der Waals surface area contributed by atoms with Gasteiger partial charge >= 0.3 is 0 Å². The van der Waals surface area contributed by atoms with E-state index in [0.29, 0.717) is 23.7 Å². The first-order chi connectivity index (χ1) is 7.11. The van der Waals surface area contributed by atoms with Gasteiger partial charge in [0.15, 0.2) is 0 Å². The van der Waals surface area contributed by atoms with Crippen LogP contribution in [-0.4, -0.2) is 36.0 Å². The Hall–Kier alpha value is -0.280. The second kappa shape index (κ2) is 3.88. The van der Waals surface area contributed by atoms with Crippen LogP contribution in [0.3, 0.4) is 0 Å². The highest BCUT2D eigenvalue weighted by Gasteiger charge is 2.59. The molecule has 2 heterocycles. The Morgan fingerprint density at radius 2 is 1.94 bits per heavy atom. The van der Waals surface area contributed by atoms with Gasteiger partial charge in [-0.2, -0.15) is 0 Å². The predicted octanol–water partition coefficient (Wildman–Crippen LogP) is 1.27. The molecule has 1 amide bonds. The summed E-state index contributed by atoms with van der Waals surface area (Å²) in [4.78, 5) is 14.5. The van der Waals surface area contributed by atoms with Crippen molar-refractivity contribution in [2.24, 2.45) is 17.8 Å². The molecule has 1 N–H and O–H groups in total. The van der Waals surface area contributed by atoms with Gasteiger partial charge in [-0.1, -0.05) is 0 Å². The molecule has 1 aliphatic carbocycles. The lowest BCUT2D eigenvalue weighted by Gasteiger charge is -2.32. The van der Waals surface area contributed by atoms with Crippen molar-refractivity contribution in [3.05, 3.63) is 0 Å². The largest absolute Gasteiger partial charge is 0.337 e. The van der Waals surface area contributed by atoms with E-state index < -0.39 is 0 Å². The number of nitrogens with zero attached hydrogens (tertiary/aromatic N) is 1. The molecular formula is C12H21ClN2O. The zero-order chi connectivity index (χ0) is 10.6. The van der Waals surface area contributed by atoms with Gasteiger partial charge in [0.25, 0.3) is 0 Å². The van der Waals surface area contributed by atoms with Gasteiger partial charge in [-0.25, -0.2) is 0 Å². The molecule has 92 valence electrons. The third-order valence-electron chi connectivity index (χ3n) is 4.54. The number of nitrogens with one attached hydrogen (secondary N) is 1. The molecule has 1 saturated carbocycles. The molecule has 16 heavy (non-hydrogen) atoms. The number of amides is 1. The Kier molecular flexibility index (Phi) is 2.96. The zero-order valence-corrected chi connectivity index (χ0v) is 10.8. The summed E-state index contributed by atoms with van der Waals surface area (Å²) in [7, 11) is 0. The van der Waals surface area contributed by atoms with Crippen LogP contribution < -0.4 is 5.32 Å². The lowest BCUT2D eigenvalue weighted by atomic mass is 10.0. The molecule has 3 fully saturated rings. The molecule has 0 bridgehead atoms. The van der Waals surface area contributed by atoms with Gasteiger partial charge in [-0.3, -0.25) is 4.79 Å². The first-order valence-corrected chi connectivity index (χ1v) is 6.13. The number of carbonyl (C=O) groups is 1. The number of carbonyl (C=O) groups excluding carboxylic acids is 1. The summed E-state index contributed by atoms with van der Waals surface area (Å²) >= 11 is 0. The second-order valence-corrected chi connectivity index (χ2v) is 5.92. The predicted molar refractivity (Wildman–Crippen MR) is 65.6 cm³/mol. The number of halogens is 1. The molecule has 2 unspecified atom stereocenters. The molecule has 0 radical (unpaired) electrons. The number of hydrogen-bond donors (Lipinski definition) is 1. The van der Waals surface area contributed by atoms with Gasteiger partial charge in [0.05, 0.1) is 0 Å². The van der Waals surface area contributed by atoms with Crippen molar-refractivity contribution in [1.82, 2.24) is 10.2 Å². The Bertz CT molecular complexity index is 295. The molecule has 3 rings (SSSR count). The summed E-state index contributed by atoms with van der Waals surface area (Å²) in [6, 6.07) is 0. The van der Waals surface area contributed by atoms with Crippen LogP contribution in [0.1, 0.15) is 26.7 Å². The minimum Gasteiger partial charge on any atom is -0.337 e. The topological polar surface area (TPSA) is 32.3 Å². The van der Waals surface area contributed by atoms with Gasteiger partial charge in [-0.05, 0) is 51.6 Å². The number of rotatable bonds is 1. The molecule has 3 aliphatic rings.